The van der Waals surface area contributed by atoms with Gasteiger partial charge in [0.2, 0.25) is 0 Å². The number of ether oxygens (including phenoxy) is 1. The molecular weight excluding hydrogens is 188 g/mol. The van der Waals surface area contributed by atoms with Crippen molar-refractivity contribution in [1.82, 2.24) is 0 Å². The van der Waals surface area contributed by atoms with E-state index in [2.05, 4.69) is 6.92 Å². The van der Waals surface area contributed by atoms with Crippen molar-refractivity contribution in [3.8, 4) is 5.75 Å². The number of methoxy groups -OCH3 is 1. The van der Waals surface area contributed by atoms with Crippen LogP contribution in [0.3, 0.4) is 0 Å². The molecule has 2 atom stereocenters. The molecule has 15 heavy (non-hydrogen) atoms. The fraction of sp³-hybridized carbons (Fsp3) is 0.538. The molecule has 2 rings (SSSR count). The zero-order chi connectivity index (χ0) is 10.9. The molecular formula is C13H18O2. The molecule has 1 aliphatic rings. The molecule has 0 bridgehead atoms. The fourth-order valence-corrected chi connectivity index (χ4v) is 2.29. The highest BCUT2D eigenvalue weighted by atomic mass is 16.5. The molecule has 1 aromatic carbocycles. The molecule has 0 spiro atoms. The Morgan fingerprint density at radius 1 is 1.47 bits per heavy atom. The van der Waals surface area contributed by atoms with Gasteiger partial charge in [0.05, 0.1) is 12.7 Å². The molecule has 0 radical (unpaired) electrons. The van der Waals surface area contributed by atoms with Crippen molar-refractivity contribution in [1.29, 1.82) is 0 Å². The largest absolute Gasteiger partial charge is 0.496 e. The van der Waals surface area contributed by atoms with Gasteiger partial charge in [-0.15, -0.1) is 0 Å². The lowest BCUT2D eigenvalue weighted by atomic mass is 10.0. The number of hydrogen-bond acceptors (Lipinski definition) is 2. The summed E-state index contributed by atoms with van der Waals surface area (Å²) in [5.74, 6) is 1.36. The molecule has 0 saturated heterocycles. The van der Waals surface area contributed by atoms with Crippen LogP contribution in [0.4, 0.5) is 0 Å². The second-order valence-corrected chi connectivity index (χ2v) is 4.40. The molecule has 1 aromatic rings. The summed E-state index contributed by atoms with van der Waals surface area (Å²) in [4.78, 5) is 0. The summed E-state index contributed by atoms with van der Waals surface area (Å²) in [5, 5.41) is 10.2. The number of para-hydroxylation sites is 1. The lowest BCUT2D eigenvalue weighted by molar-refractivity contribution is 0.130. The van der Waals surface area contributed by atoms with Gasteiger partial charge in [-0.3, -0.25) is 0 Å². The minimum absolute atomic E-state index is 0.469. The van der Waals surface area contributed by atoms with E-state index in [1.54, 1.807) is 7.11 Å². The summed E-state index contributed by atoms with van der Waals surface area (Å²) >= 11 is 0. The molecule has 0 aromatic heterocycles. The molecule has 1 fully saturated rings. The van der Waals surface area contributed by atoms with Crippen LogP contribution in [0.15, 0.2) is 24.3 Å². The van der Waals surface area contributed by atoms with E-state index in [1.807, 2.05) is 24.3 Å². The van der Waals surface area contributed by atoms with Gasteiger partial charge < -0.3 is 9.84 Å². The van der Waals surface area contributed by atoms with Crippen molar-refractivity contribution < 1.29 is 9.84 Å². The number of aliphatic hydroxyl groups is 1. The Morgan fingerprint density at radius 3 is 2.80 bits per heavy atom. The molecule has 0 aliphatic heterocycles. The number of benzene rings is 1. The number of rotatable bonds is 4. The Kier molecular flexibility index (Phi) is 2.70. The summed E-state index contributed by atoms with van der Waals surface area (Å²) < 4.78 is 5.28. The van der Waals surface area contributed by atoms with Gasteiger partial charge in [-0.05, 0) is 24.0 Å². The van der Waals surface area contributed by atoms with Gasteiger partial charge >= 0.3 is 0 Å². The molecule has 1 aliphatic carbocycles. The Morgan fingerprint density at radius 2 is 2.20 bits per heavy atom. The topological polar surface area (TPSA) is 29.5 Å². The maximum atomic E-state index is 10.2. The van der Waals surface area contributed by atoms with Gasteiger partial charge in [0.25, 0.3) is 0 Å². The van der Waals surface area contributed by atoms with Crippen LogP contribution in [-0.4, -0.2) is 17.8 Å². The zero-order valence-electron chi connectivity index (χ0n) is 9.36. The van der Waals surface area contributed by atoms with Crippen molar-refractivity contribution in [2.45, 2.75) is 31.8 Å². The molecule has 2 nitrogen and oxygen atoms in total. The Balaban J connectivity index is 2.11. The first kappa shape index (κ1) is 10.5. The van der Waals surface area contributed by atoms with Gasteiger partial charge in [-0.2, -0.15) is 0 Å². The predicted molar refractivity (Wildman–Crippen MR) is 60.0 cm³/mol. The van der Waals surface area contributed by atoms with Crippen molar-refractivity contribution in [3.05, 3.63) is 29.8 Å². The molecule has 2 heteroatoms. The summed E-state index contributed by atoms with van der Waals surface area (Å²) in [7, 11) is 1.67. The van der Waals surface area contributed by atoms with Crippen LogP contribution < -0.4 is 4.74 Å². The third-order valence-corrected chi connectivity index (χ3v) is 3.38. The van der Waals surface area contributed by atoms with Crippen LogP contribution in [0.5, 0.6) is 5.75 Å². The van der Waals surface area contributed by atoms with Crippen molar-refractivity contribution in [2.75, 3.05) is 7.11 Å². The van der Waals surface area contributed by atoms with E-state index < -0.39 is 5.60 Å². The van der Waals surface area contributed by atoms with Crippen LogP contribution in [0, 0.1) is 5.92 Å². The quantitative estimate of drug-likeness (QED) is 0.819. The van der Waals surface area contributed by atoms with E-state index in [9.17, 15) is 5.11 Å². The summed E-state index contributed by atoms with van der Waals surface area (Å²) in [6.45, 7) is 2.13. The highest BCUT2D eigenvalue weighted by Gasteiger charge is 2.51. The van der Waals surface area contributed by atoms with E-state index in [4.69, 9.17) is 4.74 Å². The van der Waals surface area contributed by atoms with Crippen molar-refractivity contribution in [3.63, 3.8) is 0 Å². The third kappa shape index (κ3) is 2.00. The van der Waals surface area contributed by atoms with Crippen molar-refractivity contribution >= 4 is 0 Å². The highest BCUT2D eigenvalue weighted by molar-refractivity contribution is 5.35. The Bertz CT molecular complexity index is 348. The first-order valence-corrected chi connectivity index (χ1v) is 5.54. The summed E-state index contributed by atoms with van der Waals surface area (Å²) in [5.41, 5.74) is 0.641. The van der Waals surface area contributed by atoms with Gasteiger partial charge in [-0.1, -0.05) is 31.5 Å². The first-order valence-electron chi connectivity index (χ1n) is 5.54. The van der Waals surface area contributed by atoms with E-state index in [0.29, 0.717) is 5.92 Å². The first-order chi connectivity index (χ1) is 7.19. The van der Waals surface area contributed by atoms with Gasteiger partial charge in [0.15, 0.2) is 0 Å². The number of hydrogen-bond donors (Lipinski definition) is 1. The van der Waals surface area contributed by atoms with E-state index in [1.165, 1.54) is 0 Å². The van der Waals surface area contributed by atoms with Crippen LogP contribution in [0.25, 0.3) is 0 Å². The van der Waals surface area contributed by atoms with E-state index in [-0.39, 0.29) is 0 Å². The molecule has 82 valence electrons. The summed E-state index contributed by atoms with van der Waals surface area (Å²) in [6, 6.07) is 7.92. The molecule has 1 N–H and O–H groups in total. The Labute approximate surface area is 90.9 Å². The van der Waals surface area contributed by atoms with Gasteiger partial charge in [0.1, 0.15) is 5.75 Å². The second-order valence-electron chi connectivity index (χ2n) is 4.40. The molecule has 0 heterocycles. The fourth-order valence-electron chi connectivity index (χ4n) is 2.29. The SMILES string of the molecule is CCC1CC1(O)Cc1ccccc1OC. The third-order valence-electron chi connectivity index (χ3n) is 3.38. The molecule has 0 amide bonds. The Hall–Kier alpha value is -1.02. The van der Waals surface area contributed by atoms with Crippen LogP contribution in [0.1, 0.15) is 25.3 Å². The van der Waals surface area contributed by atoms with Crippen LogP contribution >= 0.6 is 0 Å². The van der Waals surface area contributed by atoms with Gasteiger partial charge in [-0.25, -0.2) is 0 Å². The minimum atomic E-state index is -0.469. The molecule has 1 saturated carbocycles. The maximum absolute atomic E-state index is 10.2. The maximum Gasteiger partial charge on any atom is 0.122 e. The average molecular weight is 206 g/mol. The lowest BCUT2D eigenvalue weighted by Crippen LogP contribution is -2.15. The van der Waals surface area contributed by atoms with E-state index >= 15 is 0 Å². The standard InChI is InChI=1S/C13H18O2/c1-3-11-9-13(11,14)8-10-6-4-5-7-12(10)15-2/h4-7,11,14H,3,8-9H2,1-2H3. The second kappa shape index (κ2) is 3.86. The van der Waals surface area contributed by atoms with E-state index in [0.717, 1.165) is 30.6 Å². The smallest absolute Gasteiger partial charge is 0.122 e. The highest BCUT2D eigenvalue weighted by Crippen LogP contribution is 2.48. The summed E-state index contributed by atoms with van der Waals surface area (Å²) in [6.07, 6.45) is 2.71. The average Bonchev–Trinajstić information content (AvgIpc) is 2.90. The van der Waals surface area contributed by atoms with Crippen LogP contribution in [-0.2, 0) is 6.42 Å². The lowest BCUT2D eigenvalue weighted by Gasteiger charge is -2.13. The minimum Gasteiger partial charge on any atom is -0.496 e. The zero-order valence-corrected chi connectivity index (χ0v) is 9.36. The predicted octanol–water partition coefficient (Wildman–Crippen LogP) is 2.40. The molecule has 2 unspecified atom stereocenters. The van der Waals surface area contributed by atoms with Crippen molar-refractivity contribution in [2.24, 2.45) is 5.92 Å². The van der Waals surface area contributed by atoms with Gasteiger partial charge in [0, 0.05) is 6.42 Å². The van der Waals surface area contributed by atoms with Crippen LogP contribution in [0.2, 0.25) is 0 Å². The monoisotopic (exact) mass is 206 g/mol. The normalized spacial score (nSPS) is 28.9.